The smallest absolute Gasteiger partial charge is 0.251 e. The maximum atomic E-state index is 12.1. The van der Waals surface area contributed by atoms with Crippen molar-refractivity contribution in [2.24, 2.45) is 0 Å². The van der Waals surface area contributed by atoms with E-state index in [0.717, 1.165) is 37.6 Å². The van der Waals surface area contributed by atoms with Gasteiger partial charge in [-0.3, -0.25) is 4.79 Å². The van der Waals surface area contributed by atoms with Gasteiger partial charge in [-0.25, -0.2) is 4.98 Å². The van der Waals surface area contributed by atoms with Crippen LogP contribution in [0.1, 0.15) is 21.5 Å². The Morgan fingerprint density at radius 2 is 1.88 bits per heavy atom. The summed E-state index contributed by atoms with van der Waals surface area (Å²) in [5.74, 6) is 0.822. The summed E-state index contributed by atoms with van der Waals surface area (Å²) in [7, 11) is 2.13. The standard InChI is InChI=1S/C19H21N5O/c1-23-8-10-24(11-9-23)18-7-4-16(13-21-18)14-22-19(25)17-5-2-15(12-20)3-6-17/h2-7,13H,8-11,14H2,1H3,(H,22,25). The Kier molecular flexibility index (Phi) is 5.26. The van der Waals surface area contributed by atoms with E-state index in [1.54, 1.807) is 24.3 Å². The summed E-state index contributed by atoms with van der Waals surface area (Å²) in [4.78, 5) is 21.2. The molecule has 1 aromatic heterocycles. The maximum Gasteiger partial charge on any atom is 0.251 e. The van der Waals surface area contributed by atoms with Crippen LogP contribution in [-0.2, 0) is 6.54 Å². The predicted octanol–water partition coefficient (Wildman–Crippen LogP) is 1.64. The molecule has 2 aromatic rings. The molecule has 0 unspecified atom stereocenters. The summed E-state index contributed by atoms with van der Waals surface area (Å²) in [6.45, 7) is 4.49. The number of carbonyl (C=O) groups excluding carboxylic acids is 1. The van der Waals surface area contributed by atoms with Gasteiger partial charge in [-0.15, -0.1) is 0 Å². The minimum atomic E-state index is -0.160. The number of anilines is 1. The maximum absolute atomic E-state index is 12.1. The Bertz CT molecular complexity index is 756. The summed E-state index contributed by atoms with van der Waals surface area (Å²) in [6, 6.07) is 12.6. The van der Waals surface area contributed by atoms with Crippen LogP contribution in [0.4, 0.5) is 5.82 Å². The first kappa shape index (κ1) is 16.9. The van der Waals surface area contributed by atoms with Crippen molar-refractivity contribution in [1.82, 2.24) is 15.2 Å². The summed E-state index contributed by atoms with van der Waals surface area (Å²) in [5, 5.41) is 11.7. The number of nitriles is 1. The first-order valence-corrected chi connectivity index (χ1v) is 8.32. The van der Waals surface area contributed by atoms with Gasteiger partial charge in [0.25, 0.3) is 5.91 Å². The third-order valence-corrected chi connectivity index (χ3v) is 4.37. The summed E-state index contributed by atoms with van der Waals surface area (Å²) < 4.78 is 0. The molecule has 1 N–H and O–H groups in total. The molecule has 1 fully saturated rings. The lowest BCUT2D eigenvalue weighted by molar-refractivity contribution is 0.0951. The molecular formula is C19H21N5O. The number of nitrogens with zero attached hydrogens (tertiary/aromatic N) is 4. The number of likely N-dealkylation sites (N-methyl/N-ethyl adjacent to an activating group) is 1. The van der Waals surface area contributed by atoms with Gasteiger partial charge in [-0.2, -0.15) is 5.26 Å². The Balaban J connectivity index is 1.54. The van der Waals surface area contributed by atoms with Crippen molar-refractivity contribution < 1.29 is 4.79 Å². The quantitative estimate of drug-likeness (QED) is 0.919. The van der Waals surface area contributed by atoms with E-state index in [9.17, 15) is 4.79 Å². The zero-order valence-electron chi connectivity index (χ0n) is 14.3. The first-order valence-electron chi connectivity index (χ1n) is 8.32. The summed E-state index contributed by atoms with van der Waals surface area (Å²) >= 11 is 0. The second kappa shape index (κ2) is 7.77. The minimum absolute atomic E-state index is 0.160. The molecule has 0 radical (unpaired) electrons. The third-order valence-electron chi connectivity index (χ3n) is 4.37. The molecule has 0 spiro atoms. The number of pyridine rings is 1. The fraction of sp³-hybridized carbons (Fsp3) is 0.316. The van der Waals surface area contributed by atoms with Crippen molar-refractivity contribution in [1.29, 1.82) is 5.26 Å². The van der Waals surface area contributed by atoms with Gasteiger partial charge >= 0.3 is 0 Å². The number of nitrogens with one attached hydrogen (secondary N) is 1. The van der Waals surface area contributed by atoms with Gasteiger partial charge in [-0.05, 0) is 42.9 Å². The highest BCUT2D eigenvalue weighted by molar-refractivity contribution is 5.94. The SMILES string of the molecule is CN1CCN(c2ccc(CNC(=O)c3ccc(C#N)cc3)cn2)CC1. The second-order valence-corrected chi connectivity index (χ2v) is 6.19. The summed E-state index contributed by atoms with van der Waals surface area (Å²) in [5.41, 5.74) is 2.04. The van der Waals surface area contributed by atoms with Crippen molar-refractivity contribution >= 4 is 11.7 Å². The molecule has 1 aliphatic rings. The Hall–Kier alpha value is -2.91. The number of aromatic nitrogens is 1. The average Bonchev–Trinajstić information content (AvgIpc) is 2.67. The van der Waals surface area contributed by atoms with E-state index in [0.29, 0.717) is 17.7 Å². The van der Waals surface area contributed by atoms with Crippen LogP contribution < -0.4 is 10.2 Å². The number of benzene rings is 1. The highest BCUT2D eigenvalue weighted by Gasteiger charge is 2.15. The first-order chi connectivity index (χ1) is 12.2. The third kappa shape index (κ3) is 4.34. The number of hydrogen-bond acceptors (Lipinski definition) is 5. The molecule has 0 aliphatic carbocycles. The monoisotopic (exact) mass is 335 g/mol. The van der Waals surface area contributed by atoms with Gasteiger partial charge in [0.1, 0.15) is 5.82 Å². The normalized spacial score (nSPS) is 14.8. The molecule has 1 aromatic carbocycles. The zero-order chi connectivity index (χ0) is 17.6. The van der Waals surface area contributed by atoms with Crippen molar-refractivity contribution in [2.75, 3.05) is 38.1 Å². The van der Waals surface area contributed by atoms with Crippen LogP contribution in [0.2, 0.25) is 0 Å². The van der Waals surface area contributed by atoms with Crippen LogP contribution >= 0.6 is 0 Å². The number of carbonyl (C=O) groups is 1. The lowest BCUT2D eigenvalue weighted by Crippen LogP contribution is -2.44. The summed E-state index contributed by atoms with van der Waals surface area (Å²) in [6.07, 6.45) is 1.81. The fourth-order valence-corrected chi connectivity index (χ4v) is 2.72. The Morgan fingerprint density at radius 3 is 2.48 bits per heavy atom. The predicted molar refractivity (Wildman–Crippen MR) is 96.3 cm³/mol. The molecule has 25 heavy (non-hydrogen) atoms. The van der Waals surface area contributed by atoms with E-state index in [2.05, 4.69) is 27.1 Å². The molecule has 6 nitrogen and oxygen atoms in total. The molecule has 0 atom stereocenters. The number of amides is 1. The highest BCUT2D eigenvalue weighted by atomic mass is 16.1. The fourth-order valence-electron chi connectivity index (χ4n) is 2.72. The van der Waals surface area contributed by atoms with Crippen molar-refractivity contribution in [3.63, 3.8) is 0 Å². The van der Waals surface area contributed by atoms with Gasteiger partial charge in [-0.1, -0.05) is 6.07 Å². The number of rotatable bonds is 4. The van der Waals surface area contributed by atoms with Crippen LogP contribution in [0, 0.1) is 11.3 Å². The molecule has 1 saturated heterocycles. The van der Waals surface area contributed by atoms with Gasteiger partial charge in [0.2, 0.25) is 0 Å². The van der Waals surface area contributed by atoms with Gasteiger partial charge in [0.05, 0.1) is 11.6 Å². The van der Waals surface area contributed by atoms with E-state index in [1.807, 2.05) is 24.4 Å². The Labute approximate surface area is 147 Å². The van der Waals surface area contributed by atoms with E-state index in [4.69, 9.17) is 5.26 Å². The Morgan fingerprint density at radius 1 is 1.16 bits per heavy atom. The number of piperazine rings is 1. The molecule has 0 bridgehead atoms. The van der Waals surface area contributed by atoms with Crippen LogP contribution in [0.3, 0.4) is 0 Å². The zero-order valence-corrected chi connectivity index (χ0v) is 14.3. The molecule has 2 heterocycles. The lowest BCUT2D eigenvalue weighted by atomic mass is 10.1. The van der Waals surface area contributed by atoms with E-state index in [-0.39, 0.29) is 5.91 Å². The number of hydrogen-bond donors (Lipinski definition) is 1. The molecule has 3 rings (SSSR count). The molecule has 1 amide bonds. The topological polar surface area (TPSA) is 72.3 Å². The molecule has 6 heteroatoms. The average molecular weight is 335 g/mol. The highest BCUT2D eigenvalue weighted by Crippen LogP contribution is 2.13. The van der Waals surface area contributed by atoms with Gasteiger partial charge < -0.3 is 15.1 Å². The van der Waals surface area contributed by atoms with Crippen molar-refractivity contribution in [3.05, 3.63) is 59.3 Å². The minimum Gasteiger partial charge on any atom is -0.354 e. The molecule has 0 saturated carbocycles. The van der Waals surface area contributed by atoms with Crippen LogP contribution in [0.5, 0.6) is 0 Å². The molecule has 128 valence electrons. The van der Waals surface area contributed by atoms with Crippen LogP contribution in [0.15, 0.2) is 42.6 Å². The molecule has 1 aliphatic heterocycles. The molecular weight excluding hydrogens is 314 g/mol. The van der Waals surface area contributed by atoms with E-state index in [1.165, 1.54) is 0 Å². The van der Waals surface area contributed by atoms with Gasteiger partial charge in [0, 0.05) is 44.5 Å². The lowest BCUT2D eigenvalue weighted by Gasteiger charge is -2.33. The van der Waals surface area contributed by atoms with Crippen molar-refractivity contribution in [3.8, 4) is 6.07 Å². The van der Waals surface area contributed by atoms with E-state index < -0.39 is 0 Å². The largest absolute Gasteiger partial charge is 0.354 e. The second-order valence-electron chi connectivity index (χ2n) is 6.19. The van der Waals surface area contributed by atoms with Crippen LogP contribution in [-0.4, -0.2) is 49.0 Å². The van der Waals surface area contributed by atoms with E-state index >= 15 is 0 Å². The van der Waals surface area contributed by atoms with Crippen molar-refractivity contribution in [2.45, 2.75) is 6.54 Å². The van der Waals surface area contributed by atoms with Gasteiger partial charge in [0.15, 0.2) is 0 Å². The van der Waals surface area contributed by atoms with Crippen LogP contribution in [0.25, 0.3) is 0 Å².